The topological polar surface area (TPSA) is 91.4 Å². The van der Waals surface area contributed by atoms with Crippen molar-refractivity contribution in [3.8, 4) is 22.4 Å². The van der Waals surface area contributed by atoms with Gasteiger partial charge in [-0.05, 0) is 97.0 Å². The maximum Gasteiger partial charge on any atom is 0.134 e. The Labute approximate surface area is 233 Å². The Morgan fingerprint density at radius 2 is 1.82 bits per heavy atom. The number of anilines is 2. The zero-order valence-electron chi connectivity index (χ0n) is 22.6. The van der Waals surface area contributed by atoms with Crippen molar-refractivity contribution in [2.75, 3.05) is 10.6 Å². The number of H-pyrrole nitrogens is 1. The summed E-state index contributed by atoms with van der Waals surface area (Å²) in [4.78, 5) is 14.0. The van der Waals surface area contributed by atoms with E-state index in [1.54, 1.807) is 0 Å². The quantitative estimate of drug-likeness (QED) is 0.197. The van der Waals surface area contributed by atoms with Crippen LogP contribution in [-0.2, 0) is 12.8 Å². The molecule has 3 N–H and O–H groups in total. The highest BCUT2D eigenvalue weighted by Gasteiger charge is 2.24. The summed E-state index contributed by atoms with van der Waals surface area (Å²) in [6.45, 7) is 10.6. The van der Waals surface area contributed by atoms with E-state index in [2.05, 4.69) is 81.2 Å². The van der Waals surface area contributed by atoms with Gasteiger partial charge in [0.1, 0.15) is 17.0 Å². The summed E-state index contributed by atoms with van der Waals surface area (Å²) in [5, 5.41) is 14.5. The zero-order chi connectivity index (χ0) is 27.2. The average Bonchev–Trinajstić information content (AvgIpc) is 3.57. The molecule has 5 aromatic rings. The standard InChI is InChI=1S/C33H31N7/c1-19-28(25-10-9-23-5-4-6-24(23)15-25)13-14-35-33(19)37-21(3)31-32-30(39-40-31)12-11-29(38-32)26-16-27(18-34-17-26)36-20(2)22-7-8-22/h9-18,22,36H,2-8H2,1H3,(H,35,37)(H,39,40). The zero-order valence-corrected chi connectivity index (χ0v) is 22.6. The number of benzene rings is 1. The number of aryl methyl sites for hydroxylation is 2. The van der Waals surface area contributed by atoms with Crippen LogP contribution >= 0.6 is 0 Å². The van der Waals surface area contributed by atoms with Crippen LogP contribution in [-0.4, -0.2) is 25.1 Å². The summed E-state index contributed by atoms with van der Waals surface area (Å²) in [5.41, 5.74) is 12.9. The molecule has 0 spiro atoms. The Bertz CT molecular complexity index is 1790. The lowest BCUT2D eigenvalue weighted by molar-refractivity contribution is 0.912. The van der Waals surface area contributed by atoms with E-state index in [1.807, 2.05) is 30.7 Å². The molecule has 7 heteroatoms. The average molecular weight is 526 g/mol. The summed E-state index contributed by atoms with van der Waals surface area (Å²) < 4.78 is 0. The number of aromatic nitrogens is 5. The number of nitrogens with zero attached hydrogens (tertiary/aromatic N) is 4. The van der Waals surface area contributed by atoms with Crippen molar-refractivity contribution in [1.82, 2.24) is 25.1 Å². The second kappa shape index (κ2) is 9.75. The Morgan fingerprint density at radius 3 is 2.70 bits per heavy atom. The molecule has 2 aliphatic carbocycles. The van der Waals surface area contributed by atoms with Gasteiger partial charge in [-0.1, -0.05) is 31.4 Å². The number of rotatable bonds is 8. The maximum absolute atomic E-state index is 4.95. The van der Waals surface area contributed by atoms with Crippen LogP contribution in [0.1, 0.15) is 41.6 Å². The minimum Gasteiger partial charge on any atom is -0.358 e. The number of hydrogen-bond acceptors (Lipinski definition) is 6. The number of fused-ring (bicyclic) bond motifs is 2. The Hall–Kier alpha value is -4.78. The highest BCUT2D eigenvalue weighted by atomic mass is 15.2. The molecule has 1 aromatic carbocycles. The van der Waals surface area contributed by atoms with Gasteiger partial charge in [-0.2, -0.15) is 5.10 Å². The summed E-state index contributed by atoms with van der Waals surface area (Å²) in [6, 6.07) is 14.9. The molecule has 0 radical (unpaired) electrons. The van der Waals surface area contributed by atoms with Gasteiger partial charge in [0.2, 0.25) is 0 Å². The van der Waals surface area contributed by atoms with E-state index in [1.165, 1.54) is 42.4 Å². The van der Waals surface area contributed by atoms with Crippen molar-refractivity contribution in [3.63, 3.8) is 0 Å². The minimum atomic E-state index is 0.567. The lowest BCUT2D eigenvalue weighted by Gasteiger charge is -2.14. The van der Waals surface area contributed by atoms with Gasteiger partial charge >= 0.3 is 0 Å². The Kier molecular flexibility index (Phi) is 5.92. The molecular formula is C33H31N7. The number of pyridine rings is 3. The first kappa shape index (κ1) is 24.3. The summed E-state index contributed by atoms with van der Waals surface area (Å²) in [6.07, 6.45) is 11.5. The molecule has 0 atom stereocenters. The third kappa shape index (κ3) is 4.53. The number of allylic oxidation sites excluding steroid dienone is 1. The first-order valence-electron chi connectivity index (χ1n) is 13.8. The fourth-order valence-electron chi connectivity index (χ4n) is 5.55. The van der Waals surface area contributed by atoms with Gasteiger partial charge in [-0.15, -0.1) is 0 Å². The molecule has 0 unspecified atom stereocenters. The normalized spacial score (nSPS) is 14.2. The van der Waals surface area contributed by atoms with Crippen LogP contribution in [0.3, 0.4) is 0 Å². The van der Waals surface area contributed by atoms with E-state index in [4.69, 9.17) is 4.98 Å². The number of nitrogens with one attached hydrogen (secondary N) is 3. The predicted octanol–water partition coefficient (Wildman–Crippen LogP) is 7.30. The van der Waals surface area contributed by atoms with Crippen LogP contribution in [0.4, 0.5) is 11.5 Å². The monoisotopic (exact) mass is 525 g/mol. The van der Waals surface area contributed by atoms with Crippen molar-refractivity contribution >= 4 is 28.2 Å². The summed E-state index contributed by atoms with van der Waals surface area (Å²) >= 11 is 0. The molecule has 7 rings (SSSR count). The Morgan fingerprint density at radius 1 is 0.950 bits per heavy atom. The molecule has 0 bridgehead atoms. The van der Waals surface area contributed by atoms with Gasteiger partial charge in [0.05, 0.1) is 28.8 Å². The third-order valence-corrected chi connectivity index (χ3v) is 7.99. The van der Waals surface area contributed by atoms with Gasteiger partial charge in [0.15, 0.2) is 0 Å². The Balaban J connectivity index is 1.16. The van der Waals surface area contributed by atoms with E-state index < -0.39 is 0 Å². The molecule has 4 heterocycles. The maximum atomic E-state index is 4.95. The van der Waals surface area contributed by atoms with Crippen molar-refractivity contribution in [3.05, 3.63) is 102 Å². The number of aromatic amines is 1. The molecule has 0 saturated heterocycles. The largest absolute Gasteiger partial charge is 0.358 e. The van der Waals surface area contributed by atoms with Crippen LogP contribution in [0.25, 0.3) is 39.1 Å². The molecule has 0 amide bonds. The van der Waals surface area contributed by atoms with Crippen LogP contribution in [0, 0.1) is 12.8 Å². The summed E-state index contributed by atoms with van der Waals surface area (Å²) in [7, 11) is 0. The van der Waals surface area contributed by atoms with E-state index in [0.29, 0.717) is 17.3 Å². The molecule has 1 saturated carbocycles. The molecule has 4 aromatic heterocycles. The van der Waals surface area contributed by atoms with Crippen molar-refractivity contribution in [2.24, 2.45) is 5.92 Å². The van der Waals surface area contributed by atoms with Gasteiger partial charge in [0, 0.05) is 23.7 Å². The molecule has 7 nitrogen and oxygen atoms in total. The second-order valence-corrected chi connectivity index (χ2v) is 10.8. The SMILES string of the molecule is C=C(Nc1nccc(-c2ccc3c(c2)CCC3)c1C)c1n[nH]c2ccc(-c3cncc(NC(=C)C4CC4)c3)nc12. The second-order valence-electron chi connectivity index (χ2n) is 10.8. The van der Waals surface area contributed by atoms with Gasteiger partial charge in [-0.3, -0.25) is 10.1 Å². The van der Waals surface area contributed by atoms with E-state index in [0.717, 1.165) is 57.0 Å². The predicted molar refractivity (Wildman–Crippen MR) is 162 cm³/mol. The van der Waals surface area contributed by atoms with Crippen LogP contribution in [0.2, 0.25) is 0 Å². The fraction of sp³-hybridized carbons (Fsp3) is 0.212. The fourth-order valence-corrected chi connectivity index (χ4v) is 5.55. The lowest BCUT2D eigenvalue weighted by atomic mass is 9.98. The van der Waals surface area contributed by atoms with E-state index in [-0.39, 0.29) is 0 Å². The third-order valence-electron chi connectivity index (χ3n) is 7.99. The molecule has 198 valence electrons. The van der Waals surface area contributed by atoms with Crippen molar-refractivity contribution in [2.45, 2.75) is 39.0 Å². The van der Waals surface area contributed by atoms with Crippen LogP contribution < -0.4 is 10.6 Å². The van der Waals surface area contributed by atoms with E-state index >= 15 is 0 Å². The minimum absolute atomic E-state index is 0.567. The van der Waals surface area contributed by atoms with Crippen molar-refractivity contribution < 1.29 is 0 Å². The van der Waals surface area contributed by atoms with Gasteiger partial charge in [0.25, 0.3) is 0 Å². The lowest BCUT2D eigenvalue weighted by Crippen LogP contribution is -2.04. The number of hydrogen-bond donors (Lipinski definition) is 3. The smallest absolute Gasteiger partial charge is 0.134 e. The molecular weight excluding hydrogens is 494 g/mol. The highest BCUT2D eigenvalue weighted by molar-refractivity contribution is 5.91. The highest BCUT2D eigenvalue weighted by Crippen LogP contribution is 2.36. The first-order chi connectivity index (χ1) is 19.5. The molecule has 0 aliphatic heterocycles. The van der Waals surface area contributed by atoms with Crippen LogP contribution in [0.5, 0.6) is 0 Å². The molecule has 1 fully saturated rings. The first-order valence-corrected chi connectivity index (χ1v) is 13.8. The van der Waals surface area contributed by atoms with E-state index in [9.17, 15) is 0 Å². The van der Waals surface area contributed by atoms with Gasteiger partial charge < -0.3 is 10.6 Å². The molecule has 40 heavy (non-hydrogen) atoms. The summed E-state index contributed by atoms with van der Waals surface area (Å²) in [5.74, 6) is 1.33. The van der Waals surface area contributed by atoms with Gasteiger partial charge in [-0.25, -0.2) is 9.97 Å². The van der Waals surface area contributed by atoms with Crippen LogP contribution in [0.15, 0.2) is 79.9 Å². The van der Waals surface area contributed by atoms with Crippen molar-refractivity contribution in [1.29, 1.82) is 0 Å². The molecule has 2 aliphatic rings.